The van der Waals surface area contributed by atoms with Crippen LogP contribution >= 0.6 is 0 Å². The summed E-state index contributed by atoms with van der Waals surface area (Å²) in [4.78, 5) is 20.6. The highest BCUT2D eigenvalue weighted by Crippen LogP contribution is 2.27. The number of rotatable bonds is 3. The van der Waals surface area contributed by atoms with Gasteiger partial charge in [-0.05, 0) is 13.0 Å². The first kappa shape index (κ1) is 15.9. The summed E-state index contributed by atoms with van der Waals surface area (Å²) in [7, 11) is 0. The van der Waals surface area contributed by atoms with Crippen LogP contribution in [0.1, 0.15) is 5.82 Å². The number of benzene rings is 1. The van der Waals surface area contributed by atoms with Crippen LogP contribution in [0.3, 0.4) is 0 Å². The van der Waals surface area contributed by atoms with Crippen LogP contribution < -0.4 is 4.90 Å². The molecule has 27 heavy (non-hydrogen) atoms. The number of imidazole rings is 1. The Balaban J connectivity index is 1.70. The molecule has 4 aromatic rings. The van der Waals surface area contributed by atoms with Gasteiger partial charge < -0.3 is 9.64 Å². The van der Waals surface area contributed by atoms with Gasteiger partial charge in [-0.2, -0.15) is 20.1 Å². The van der Waals surface area contributed by atoms with Crippen LogP contribution in [0.5, 0.6) is 0 Å². The number of anilines is 1. The molecular formula is C18H18N8O. The number of aromatic amines is 1. The molecule has 0 spiro atoms. The Hall–Kier alpha value is -3.33. The van der Waals surface area contributed by atoms with Crippen molar-refractivity contribution in [1.82, 2.24) is 34.7 Å². The summed E-state index contributed by atoms with van der Waals surface area (Å²) in [5.41, 5.74) is 1.86. The molecule has 9 nitrogen and oxygen atoms in total. The molecule has 0 amide bonds. The number of morpholine rings is 1. The second-order valence-electron chi connectivity index (χ2n) is 6.34. The Morgan fingerprint density at radius 2 is 1.93 bits per heavy atom. The molecule has 0 bridgehead atoms. The zero-order valence-corrected chi connectivity index (χ0v) is 14.8. The lowest BCUT2D eigenvalue weighted by atomic mass is 10.1. The van der Waals surface area contributed by atoms with Crippen LogP contribution in [0, 0.1) is 6.92 Å². The maximum absolute atomic E-state index is 5.46. The van der Waals surface area contributed by atoms with Gasteiger partial charge in [0.25, 0.3) is 0 Å². The largest absolute Gasteiger partial charge is 0.378 e. The average Bonchev–Trinajstić information content (AvgIpc) is 3.37. The number of hydrogen-bond acceptors (Lipinski definition) is 7. The van der Waals surface area contributed by atoms with Gasteiger partial charge in [0.1, 0.15) is 5.82 Å². The molecule has 0 aliphatic carbocycles. The summed E-state index contributed by atoms with van der Waals surface area (Å²) in [6.07, 6.45) is 5.39. The van der Waals surface area contributed by atoms with E-state index in [1.165, 1.54) is 0 Å². The molecule has 0 atom stereocenters. The van der Waals surface area contributed by atoms with E-state index in [1.54, 1.807) is 12.4 Å². The number of nitrogens with zero attached hydrogens (tertiary/aromatic N) is 7. The van der Waals surface area contributed by atoms with Crippen molar-refractivity contribution < 1.29 is 4.74 Å². The smallest absolute Gasteiger partial charge is 0.240 e. The van der Waals surface area contributed by atoms with Crippen LogP contribution in [0.2, 0.25) is 0 Å². The fourth-order valence-corrected chi connectivity index (χ4v) is 3.24. The molecule has 0 radical (unpaired) electrons. The van der Waals surface area contributed by atoms with Gasteiger partial charge in [0.15, 0.2) is 5.82 Å². The van der Waals surface area contributed by atoms with Crippen molar-refractivity contribution >= 4 is 16.9 Å². The van der Waals surface area contributed by atoms with E-state index < -0.39 is 0 Å². The van der Waals surface area contributed by atoms with Gasteiger partial charge in [0.05, 0.1) is 24.9 Å². The van der Waals surface area contributed by atoms with Gasteiger partial charge in [-0.3, -0.25) is 9.67 Å². The number of ether oxygens (including phenoxy) is 1. The molecule has 1 aromatic carbocycles. The maximum atomic E-state index is 5.46. The quantitative estimate of drug-likeness (QED) is 0.593. The van der Waals surface area contributed by atoms with E-state index in [2.05, 4.69) is 20.1 Å². The zero-order valence-electron chi connectivity index (χ0n) is 14.8. The molecule has 1 fully saturated rings. The second-order valence-corrected chi connectivity index (χ2v) is 6.34. The van der Waals surface area contributed by atoms with E-state index in [0.717, 1.165) is 35.4 Å². The van der Waals surface area contributed by atoms with E-state index in [-0.39, 0.29) is 0 Å². The molecular weight excluding hydrogens is 344 g/mol. The maximum Gasteiger partial charge on any atom is 0.240 e. The molecule has 1 aliphatic heterocycles. The third kappa shape index (κ3) is 2.81. The average molecular weight is 362 g/mol. The second kappa shape index (κ2) is 6.44. The standard InChI is InChI=1S/C18H18N8O/c1-12-19-5-6-26(12)18-22-16(13-3-2-4-15-14(13)11-20-24-15)21-17(23-18)25-7-9-27-10-8-25/h2-6,11H,7-10H2,1H3,(H,20,24). The molecule has 0 unspecified atom stereocenters. The number of fused-ring (bicyclic) bond motifs is 1. The van der Waals surface area contributed by atoms with Crippen LogP contribution in [0.15, 0.2) is 36.8 Å². The Morgan fingerprint density at radius 1 is 1.07 bits per heavy atom. The fraction of sp³-hybridized carbons (Fsp3) is 0.278. The van der Waals surface area contributed by atoms with E-state index in [0.29, 0.717) is 30.9 Å². The predicted molar refractivity (Wildman–Crippen MR) is 99.8 cm³/mol. The summed E-state index contributed by atoms with van der Waals surface area (Å²) in [5.74, 6) is 2.63. The Labute approximate surface area is 155 Å². The van der Waals surface area contributed by atoms with E-state index >= 15 is 0 Å². The topological polar surface area (TPSA) is 97.6 Å². The number of aromatic nitrogens is 7. The Bertz CT molecular complexity index is 1100. The van der Waals surface area contributed by atoms with Crippen LogP contribution in [0.25, 0.3) is 28.2 Å². The summed E-state index contributed by atoms with van der Waals surface area (Å²) >= 11 is 0. The lowest BCUT2D eigenvalue weighted by Crippen LogP contribution is -2.37. The van der Waals surface area contributed by atoms with Crippen molar-refractivity contribution in [3.05, 3.63) is 42.6 Å². The van der Waals surface area contributed by atoms with Gasteiger partial charge in [-0.25, -0.2) is 4.98 Å². The minimum Gasteiger partial charge on any atom is -0.378 e. The zero-order chi connectivity index (χ0) is 18.2. The first-order valence-corrected chi connectivity index (χ1v) is 8.81. The van der Waals surface area contributed by atoms with Gasteiger partial charge >= 0.3 is 0 Å². The van der Waals surface area contributed by atoms with Gasteiger partial charge in [-0.1, -0.05) is 12.1 Å². The van der Waals surface area contributed by atoms with Crippen LogP contribution in [0.4, 0.5) is 5.95 Å². The van der Waals surface area contributed by atoms with Crippen LogP contribution in [-0.2, 0) is 4.74 Å². The Morgan fingerprint density at radius 3 is 2.74 bits per heavy atom. The number of nitrogens with one attached hydrogen (secondary N) is 1. The number of H-pyrrole nitrogens is 1. The lowest BCUT2D eigenvalue weighted by Gasteiger charge is -2.27. The number of aryl methyl sites for hydroxylation is 1. The van der Waals surface area contributed by atoms with Crippen molar-refractivity contribution in [1.29, 1.82) is 0 Å². The molecule has 1 saturated heterocycles. The molecule has 4 heterocycles. The molecule has 136 valence electrons. The van der Waals surface area contributed by atoms with Crippen molar-refractivity contribution in [2.45, 2.75) is 6.92 Å². The summed E-state index contributed by atoms with van der Waals surface area (Å²) in [6.45, 7) is 4.76. The first-order valence-electron chi connectivity index (χ1n) is 8.81. The van der Waals surface area contributed by atoms with E-state index in [4.69, 9.17) is 19.7 Å². The van der Waals surface area contributed by atoms with Crippen LogP contribution in [-0.4, -0.2) is 61.0 Å². The van der Waals surface area contributed by atoms with E-state index in [9.17, 15) is 0 Å². The van der Waals surface area contributed by atoms with Crippen molar-refractivity contribution in [3.8, 4) is 17.3 Å². The monoisotopic (exact) mass is 362 g/mol. The van der Waals surface area contributed by atoms with E-state index in [1.807, 2.05) is 35.9 Å². The number of hydrogen-bond donors (Lipinski definition) is 1. The minimum absolute atomic E-state index is 0.553. The van der Waals surface area contributed by atoms with Crippen molar-refractivity contribution in [3.63, 3.8) is 0 Å². The predicted octanol–water partition coefficient (Wildman–Crippen LogP) is 1.75. The summed E-state index contributed by atoms with van der Waals surface area (Å²) in [5, 5.41) is 8.12. The van der Waals surface area contributed by atoms with Gasteiger partial charge in [0, 0.05) is 36.4 Å². The first-order chi connectivity index (χ1) is 13.3. The minimum atomic E-state index is 0.553. The Kier molecular flexibility index (Phi) is 3.79. The van der Waals surface area contributed by atoms with Gasteiger partial charge in [0.2, 0.25) is 11.9 Å². The van der Waals surface area contributed by atoms with Crippen molar-refractivity contribution in [2.75, 3.05) is 31.2 Å². The molecule has 1 aliphatic rings. The normalized spacial score (nSPS) is 14.8. The molecule has 5 rings (SSSR count). The summed E-state index contributed by atoms with van der Waals surface area (Å²) in [6, 6.07) is 5.95. The lowest BCUT2D eigenvalue weighted by molar-refractivity contribution is 0.122. The van der Waals surface area contributed by atoms with Crippen molar-refractivity contribution in [2.24, 2.45) is 0 Å². The highest BCUT2D eigenvalue weighted by molar-refractivity contribution is 5.92. The summed E-state index contributed by atoms with van der Waals surface area (Å²) < 4.78 is 7.33. The highest BCUT2D eigenvalue weighted by atomic mass is 16.5. The molecule has 3 aromatic heterocycles. The van der Waals surface area contributed by atoms with Gasteiger partial charge in [-0.15, -0.1) is 0 Å². The molecule has 9 heteroatoms. The highest BCUT2D eigenvalue weighted by Gasteiger charge is 2.19. The third-order valence-electron chi connectivity index (χ3n) is 4.67. The molecule has 0 saturated carbocycles. The molecule has 1 N–H and O–H groups in total. The third-order valence-corrected chi connectivity index (χ3v) is 4.67. The SMILES string of the molecule is Cc1nccn1-c1nc(-c2cccc3[nH]ncc23)nc(N2CCOCC2)n1. The fourth-order valence-electron chi connectivity index (χ4n) is 3.24.